The minimum Gasteiger partial charge on any atom is -0.468 e. The van der Waals surface area contributed by atoms with Crippen molar-refractivity contribution in [2.24, 2.45) is 0 Å². The van der Waals surface area contributed by atoms with Crippen molar-refractivity contribution in [1.82, 2.24) is 9.97 Å². The zero-order valence-electron chi connectivity index (χ0n) is 17.9. The fraction of sp³-hybridized carbons (Fsp3) is 0.556. The van der Waals surface area contributed by atoms with Gasteiger partial charge in [0, 0.05) is 33.8 Å². The van der Waals surface area contributed by atoms with Crippen LogP contribution in [0.25, 0.3) is 0 Å². The molecule has 176 valence electrons. The second-order valence-electron chi connectivity index (χ2n) is 6.54. The fourth-order valence-corrected chi connectivity index (χ4v) is 2.90. The number of hydrogen-bond acceptors (Lipinski definition) is 13. The third-order valence-corrected chi connectivity index (χ3v) is 3.89. The van der Waals surface area contributed by atoms with E-state index in [9.17, 15) is 24.0 Å². The average molecular weight is 457 g/mol. The van der Waals surface area contributed by atoms with Gasteiger partial charge in [-0.3, -0.25) is 29.0 Å². The van der Waals surface area contributed by atoms with Crippen molar-refractivity contribution < 1.29 is 47.6 Å². The van der Waals surface area contributed by atoms with Gasteiger partial charge in [-0.05, 0) is 0 Å². The Bertz CT molecular complexity index is 931. The van der Waals surface area contributed by atoms with Crippen LogP contribution < -0.4 is 15.6 Å². The van der Waals surface area contributed by atoms with E-state index >= 15 is 0 Å². The van der Waals surface area contributed by atoms with Gasteiger partial charge in [0.15, 0.2) is 18.4 Å². The van der Waals surface area contributed by atoms with Gasteiger partial charge in [-0.2, -0.15) is 4.98 Å². The molecule has 0 unspecified atom stereocenters. The van der Waals surface area contributed by atoms with E-state index in [1.807, 2.05) is 0 Å². The Morgan fingerprint density at radius 2 is 1.44 bits per heavy atom. The number of methoxy groups -OCH3 is 1. The molecule has 0 aromatic carbocycles. The number of esters is 4. The lowest BCUT2D eigenvalue weighted by Crippen LogP contribution is -2.64. The zero-order chi connectivity index (χ0) is 24.0. The number of anilines is 1. The zero-order valence-corrected chi connectivity index (χ0v) is 17.9. The minimum absolute atomic E-state index is 0.0677. The SMILES string of the molecule is COc1nc(N[C@@H]2O[C@H](OC(C)=O)[C@@H](OC(C)=O)[C@H](OC(C)=O)[C@H]2OC(C)=O)cc(=O)[nH]1. The largest absolute Gasteiger partial charge is 0.468 e. The van der Waals surface area contributed by atoms with Gasteiger partial charge in [-0.1, -0.05) is 0 Å². The van der Waals surface area contributed by atoms with Crippen LogP contribution in [0.2, 0.25) is 0 Å². The van der Waals surface area contributed by atoms with Gasteiger partial charge in [-0.15, -0.1) is 0 Å². The molecule has 0 spiro atoms. The quantitative estimate of drug-likeness (QED) is 0.385. The Hall–Kier alpha value is -3.68. The first kappa shape index (κ1) is 24.6. The minimum atomic E-state index is -1.56. The molecule has 1 aromatic rings. The summed E-state index contributed by atoms with van der Waals surface area (Å²) in [7, 11) is 1.28. The molecule has 14 heteroatoms. The predicted molar refractivity (Wildman–Crippen MR) is 102 cm³/mol. The standard InChI is InChI=1S/C18H23N3O11/c1-7(22)28-13-14(29-8(2)23)16(19-11-6-12(26)21-18(20-11)27-5)32-17(31-10(4)25)15(13)30-9(3)24/h6,13-17H,1-5H3,(H2,19,20,21,26)/t13-,14-,15+,16-,17+/m1/s1. The van der Waals surface area contributed by atoms with Crippen LogP contribution in [-0.4, -0.2) is 71.8 Å². The van der Waals surface area contributed by atoms with E-state index in [1.165, 1.54) is 7.11 Å². The molecular formula is C18H23N3O11. The van der Waals surface area contributed by atoms with E-state index in [-0.39, 0.29) is 11.8 Å². The molecule has 32 heavy (non-hydrogen) atoms. The summed E-state index contributed by atoms with van der Waals surface area (Å²) >= 11 is 0. The van der Waals surface area contributed by atoms with Crippen LogP contribution in [0.15, 0.2) is 10.9 Å². The summed E-state index contributed by atoms with van der Waals surface area (Å²) in [5.74, 6) is -3.26. The van der Waals surface area contributed by atoms with Crippen molar-refractivity contribution in [3.63, 3.8) is 0 Å². The molecule has 14 nitrogen and oxygen atoms in total. The molecule has 2 rings (SSSR count). The lowest BCUT2D eigenvalue weighted by molar-refractivity contribution is -0.291. The number of nitrogens with one attached hydrogen (secondary N) is 2. The molecule has 0 radical (unpaired) electrons. The third-order valence-electron chi connectivity index (χ3n) is 3.89. The summed E-state index contributed by atoms with van der Waals surface area (Å²) in [6.45, 7) is 4.33. The molecular weight excluding hydrogens is 434 g/mol. The van der Waals surface area contributed by atoms with Crippen LogP contribution in [0.3, 0.4) is 0 Å². The van der Waals surface area contributed by atoms with Gasteiger partial charge < -0.3 is 33.7 Å². The third kappa shape index (κ3) is 6.66. The molecule has 1 fully saturated rings. The number of ether oxygens (including phenoxy) is 6. The molecule has 0 saturated carbocycles. The van der Waals surface area contributed by atoms with E-state index in [2.05, 4.69) is 15.3 Å². The maximum atomic E-state index is 11.8. The van der Waals surface area contributed by atoms with Crippen molar-refractivity contribution in [2.45, 2.75) is 58.5 Å². The van der Waals surface area contributed by atoms with Gasteiger partial charge >= 0.3 is 23.9 Å². The maximum absolute atomic E-state index is 11.8. The molecule has 0 amide bonds. The summed E-state index contributed by atoms with van der Waals surface area (Å²) in [6.07, 6.45) is -7.24. The fourth-order valence-electron chi connectivity index (χ4n) is 2.90. The molecule has 1 aliphatic heterocycles. The number of aromatic nitrogens is 2. The molecule has 2 heterocycles. The lowest BCUT2D eigenvalue weighted by atomic mass is 10.0. The topological polar surface area (TPSA) is 181 Å². The van der Waals surface area contributed by atoms with Crippen LogP contribution in [0.4, 0.5) is 5.82 Å². The first-order valence-electron chi connectivity index (χ1n) is 9.26. The van der Waals surface area contributed by atoms with Crippen molar-refractivity contribution in [3.8, 4) is 6.01 Å². The Morgan fingerprint density at radius 3 is 1.97 bits per heavy atom. The Balaban J connectivity index is 2.51. The molecule has 2 N–H and O–H groups in total. The van der Waals surface area contributed by atoms with Crippen molar-refractivity contribution in [2.75, 3.05) is 12.4 Å². The highest BCUT2D eigenvalue weighted by atomic mass is 16.7. The number of H-pyrrole nitrogens is 1. The first-order valence-corrected chi connectivity index (χ1v) is 9.26. The highest BCUT2D eigenvalue weighted by Crippen LogP contribution is 2.30. The van der Waals surface area contributed by atoms with Gasteiger partial charge in [-0.25, -0.2) is 0 Å². The van der Waals surface area contributed by atoms with Crippen molar-refractivity contribution >= 4 is 29.7 Å². The van der Waals surface area contributed by atoms with E-state index in [0.29, 0.717) is 0 Å². The normalized spacial score (nSPS) is 24.6. The summed E-state index contributed by atoms with van der Waals surface area (Å²) < 4.78 is 31.3. The average Bonchev–Trinajstić information content (AvgIpc) is 2.65. The van der Waals surface area contributed by atoms with Crippen LogP contribution in [-0.2, 0) is 42.9 Å². The van der Waals surface area contributed by atoms with Gasteiger partial charge in [0.1, 0.15) is 5.82 Å². The van der Waals surface area contributed by atoms with Crippen LogP contribution in [0, 0.1) is 0 Å². The second kappa shape index (κ2) is 10.6. The number of carbonyl (C=O) groups excluding carboxylic acids is 4. The van der Waals surface area contributed by atoms with Gasteiger partial charge in [0.05, 0.1) is 7.11 Å². The van der Waals surface area contributed by atoms with Crippen LogP contribution in [0.5, 0.6) is 6.01 Å². The van der Waals surface area contributed by atoms with E-state index in [0.717, 1.165) is 33.8 Å². The first-order chi connectivity index (χ1) is 15.0. The van der Waals surface area contributed by atoms with Crippen molar-refractivity contribution in [3.05, 3.63) is 16.4 Å². The maximum Gasteiger partial charge on any atom is 0.305 e. The summed E-state index contributed by atoms with van der Waals surface area (Å²) in [6, 6.07) is 0.919. The van der Waals surface area contributed by atoms with E-state index in [4.69, 9.17) is 28.4 Å². The number of rotatable bonds is 7. The number of nitrogens with zero attached hydrogens (tertiary/aromatic N) is 1. The van der Waals surface area contributed by atoms with E-state index < -0.39 is 60.3 Å². The summed E-state index contributed by atoms with van der Waals surface area (Å²) in [4.78, 5) is 64.9. The molecule has 1 aliphatic rings. The smallest absolute Gasteiger partial charge is 0.305 e. The Labute approximate surface area is 181 Å². The number of carbonyl (C=O) groups is 4. The van der Waals surface area contributed by atoms with Crippen LogP contribution in [0.1, 0.15) is 27.7 Å². The number of hydrogen-bond donors (Lipinski definition) is 2. The Morgan fingerprint density at radius 1 is 0.906 bits per heavy atom. The van der Waals surface area contributed by atoms with Crippen molar-refractivity contribution in [1.29, 1.82) is 0 Å². The van der Waals surface area contributed by atoms with E-state index in [1.54, 1.807) is 0 Å². The molecule has 1 saturated heterocycles. The van der Waals surface area contributed by atoms with Gasteiger partial charge in [0.2, 0.25) is 12.4 Å². The molecule has 1 aromatic heterocycles. The monoisotopic (exact) mass is 457 g/mol. The molecule has 0 aliphatic carbocycles. The predicted octanol–water partition coefficient (Wildman–Crippen LogP) is -0.769. The van der Waals surface area contributed by atoms with Crippen LogP contribution >= 0.6 is 0 Å². The highest BCUT2D eigenvalue weighted by Gasteiger charge is 2.53. The molecule has 5 atom stereocenters. The lowest BCUT2D eigenvalue weighted by Gasteiger charge is -2.43. The highest BCUT2D eigenvalue weighted by molar-refractivity contribution is 5.69. The second-order valence-corrected chi connectivity index (χ2v) is 6.54. The molecule has 0 bridgehead atoms. The Kier molecular flexibility index (Phi) is 8.12. The summed E-state index contributed by atoms with van der Waals surface area (Å²) in [5, 5.41) is 2.70. The summed E-state index contributed by atoms with van der Waals surface area (Å²) in [5.41, 5.74) is -0.579. The number of aromatic amines is 1. The van der Waals surface area contributed by atoms with Gasteiger partial charge in [0.25, 0.3) is 11.6 Å².